The summed E-state index contributed by atoms with van der Waals surface area (Å²) in [4.78, 5) is 6.91. The molecule has 2 heterocycles. The summed E-state index contributed by atoms with van der Waals surface area (Å²) in [5.41, 5.74) is 1.27. The van der Waals surface area contributed by atoms with Crippen molar-refractivity contribution in [1.29, 1.82) is 0 Å². The average Bonchev–Trinajstić information content (AvgIpc) is 2.71. The molecule has 1 aliphatic rings. The number of nitrogens with zero attached hydrogens (tertiary/aromatic N) is 2. The van der Waals surface area contributed by atoms with Gasteiger partial charge < -0.3 is 4.90 Å². The van der Waals surface area contributed by atoms with Crippen molar-refractivity contribution < 1.29 is 0 Å². The summed E-state index contributed by atoms with van der Waals surface area (Å²) in [6, 6.07) is 2.18. The topological polar surface area (TPSA) is 16.1 Å². The second-order valence-electron chi connectivity index (χ2n) is 4.68. The van der Waals surface area contributed by atoms with Gasteiger partial charge >= 0.3 is 0 Å². The highest BCUT2D eigenvalue weighted by Gasteiger charge is 2.22. The summed E-state index contributed by atoms with van der Waals surface area (Å²) in [6.45, 7) is 6.74. The minimum atomic E-state index is 0.871. The van der Waals surface area contributed by atoms with Crippen molar-refractivity contribution in [2.45, 2.75) is 33.1 Å². The zero-order valence-corrected chi connectivity index (χ0v) is 11.6. The Balaban J connectivity index is 2.05. The van der Waals surface area contributed by atoms with Crippen molar-refractivity contribution in [1.82, 2.24) is 4.98 Å². The monoisotopic (exact) mass is 282 g/mol. The Morgan fingerprint density at radius 1 is 1.56 bits per heavy atom. The molecule has 0 spiro atoms. The molecule has 16 heavy (non-hydrogen) atoms. The van der Waals surface area contributed by atoms with Crippen LogP contribution in [0.4, 0.5) is 5.82 Å². The fourth-order valence-electron chi connectivity index (χ4n) is 2.38. The van der Waals surface area contributed by atoms with Gasteiger partial charge in [-0.15, -0.1) is 0 Å². The molecule has 1 unspecified atom stereocenters. The fraction of sp³-hybridized carbons (Fsp3) is 0.615. The minimum Gasteiger partial charge on any atom is -0.356 e. The first-order valence-corrected chi connectivity index (χ1v) is 6.87. The van der Waals surface area contributed by atoms with Gasteiger partial charge in [-0.3, -0.25) is 0 Å². The molecule has 0 aliphatic carbocycles. The summed E-state index contributed by atoms with van der Waals surface area (Å²) >= 11 is 3.49. The van der Waals surface area contributed by atoms with E-state index in [0.29, 0.717) is 0 Å². The molecule has 0 amide bonds. The molecule has 1 atom stereocenters. The summed E-state index contributed by atoms with van der Waals surface area (Å²) in [5, 5.41) is 0. The molecule has 88 valence electrons. The molecule has 1 aliphatic heterocycles. The molecule has 0 N–H and O–H groups in total. The first-order valence-electron chi connectivity index (χ1n) is 6.07. The van der Waals surface area contributed by atoms with Gasteiger partial charge in [0.25, 0.3) is 0 Å². The number of anilines is 1. The van der Waals surface area contributed by atoms with Gasteiger partial charge in [-0.05, 0) is 53.2 Å². The van der Waals surface area contributed by atoms with Crippen LogP contribution in [0.15, 0.2) is 16.7 Å². The van der Waals surface area contributed by atoms with Crippen molar-refractivity contribution >= 4 is 21.7 Å². The zero-order chi connectivity index (χ0) is 11.5. The summed E-state index contributed by atoms with van der Waals surface area (Å²) < 4.78 is 1.10. The molecule has 1 fully saturated rings. The van der Waals surface area contributed by atoms with Gasteiger partial charge in [0.05, 0.1) is 0 Å². The lowest BCUT2D eigenvalue weighted by Crippen LogP contribution is -2.20. The summed E-state index contributed by atoms with van der Waals surface area (Å²) in [7, 11) is 0. The molecular weight excluding hydrogens is 264 g/mol. The van der Waals surface area contributed by atoms with Gasteiger partial charge in [-0.2, -0.15) is 0 Å². The van der Waals surface area contributed by atoms with Crippen LogP contribution in [0.5, 0.6) is 0 Å². The van der Waals surface area contributed by atoms with E-state index in [2.05, 4.69) is 45.7 Å². The smallest absolute Gasteiger partial charge is 0.128 e. The number of halogens is 1. The lowest BCUT2D eigenvalue weighted by atomic mass is 10.0. The van der Waals surface area contributed by atoms with E-state index in [-0.39, 0.29) is 0 Å². The third kappa shape index (κ3) is 2.57. The summed E-state index contributed by atoms with van der Waals surface area (Å²) in [5.74, 6) is 2.01. The van der Waals surface area contributed by atoms with Gasteiger partial charge in [-0.1, -0.05) is 13.3 Å². The lowest BCUT2D eigenvalue weighted by molar-refractivity contribution is 0.529. The van der Waals surface area contributed by atoms with Crippen molar-refractivity contribution in [2.75, 3.05) is 18.0 Å². The average molecular weight is 283 g/mol. The second-order valence-corrected chi connectivity index (χ2v) is 5.54. The van der Waals surface area contributed by atoms with E-state index < -0.39 is 0 Å². The van der Waals surface area contributed by atoms with Gasteiger partial charge in [-0.25, -0.2) is 4.98 Å². The van der Waals surface area contributed by atoms with Crippen molar-refractivity contribution in [3.63, 3.8) is 0 Å². The molecule has 1 aromatic heterocycles. The van der Waals surface area contributed by atoms with Crippen LogP contribution in [0.1, 0.15) is 31.7 Å². The van der Waals surface area contributed by atoms with Crippen LogP contribution in [0.25, 0.3) is 0 Å². The second kappa shape index (κ2) is 5.17. The number of rotatable bonds is 3. The highest BCUT2D eigenvalue weighted by molar-refractivity contribution is 9.10. The van der Waals surface area contributed by atoms with Crippen LogP contribution >= 0.6 is 15.9 Å². The fourth-order valence-corrected chi connectivity index (χ4v) is 2.60. The predicted molar refractivity (Wildman–Crippen MR) is 71.9 cm³/mol. The standard InChI is InChI=1S/C13H19BrN2/c1-3-4-11-5-6-16(9-11)13-7-10(2)12(14)8-15-13/h7-8,11H,3-6,9H2,1-2H3. The largest absolute Gasteiger partial charge is 0.356 e. The van der Waals surface area contributed by atoms with E-state index in [1.54, 1.807) is 0 Å². The van der Waals surface area contributed by atoms with Crippen molar-refractivity contribution in [2.24, 2.45) is 5.92 Å². The SMILES string of the molecule is CCCC1CCN(c2cc(C)c(Br)cn2)C1. The van der Waals surface area contributed by atoms with Crippen molar-refractivity contribution in [3.8, 4) is 0 Å². The normalized spacial score (nSPS) is 20.4. The van der Waals surface area contributed by atoms with E-state index in [0.717, 1.165) is 16.2 Å². The van der Waals surface area contributed by atoms with Crippen LogP contribution < -0.4 is 4.90 Å². The van der Waals surface area contributed by atoms with E-state index in [1.165, 1.54) is 37.9 Å². The zero-order valence-electron chi connectivity index (χ0n) is 10.0. The van der Waals surface area contributed by atoms with Crippen molar-refractivity contribution in [3.05, 3.63) is 22.3 Å². The van der Waals surface area contributed by atoms with E-state index in [9.17, 15) is 0 Å². The van der Waals surface area contributed by atoms with E-state index >= 15 is 0 Å². The first-order chi connectivity index (χ1) is 7.70. The molecule has 2 rings (SSSR count). The molecular formula is C13H19BrN2. The maximum Gasteiger partial charge on any atom is 0.128 e. The Hall–Kier alpha value is -0.570. The maximum absolute atomic E-state index is 4.49. The van der Waals surface area contributed by atoms with E-state index in [4.69, 9.17) is 0 Å². The molecule has 0 saturated carbocycles. The third-order valence-corrected chi connectivity index (χ3v) is 4.17. The molecule has 3 heteroatoms. The van der Waals surface area contributed by atoms with Crippen LogP contribution in [-0.4, -0.2) is 18.1 Å². The van der Waals surface area contributed by atoms with Crippen LogP contribution in [-0.2, 0) is 0 Å². The highest BCUT2D eigenvalue weighted by Crippen LogP contribution is 2.27. The Morgan fingerprint density at radius 2 is 2.38 bits per heavy atom. The number of pyridine rings is 1. The number of aromatic nitrogens is 1. The molecule has 0 aromatic carbocycles. The lowest BCUT2D eigenvalue weighted by Gasteiger charge is -2.18. The van der Waals surface area contributed by atoms with Gasteiger partial charge in [0.1, 0.15) is 5.82 Å². The first kappa shape index (κ1) is 11.9. The quantitative estimate of drug-likeness (QED) is 0.839. The molecule has 1 saturated heterocycles. The van der Waals surface area contributed by atoms with Gasteiger partial charge in [0, 0.05) is 23.8 Å². The Bertz CT molecular complexity index is 365. The van der Waals surface area contributed by atoms with Crippen LogP contribution in [0, 0.1) is 12.8 Å². The molecule has 1 aromatic rings. The minimum absolute atomic E-state index is 0.871. The Morgan fingerprint density at radius 3 is 3.06 bits per heavy atom. The molecule has 0 radical (unpaired) electrons. The molecule has 2 nitrogen and oxygen atoms in total. The Kier molecular flexibility index (Phi) is 3.85. The Labute approximate surface area is 106 Å². The number of hydrogen-bond acceptors (Lipinski definition) is 2. The molecule has 0 bridgehead atoms. The maximum atomic E-state index is 4.49. The van der Waals surface area contributed by atoms with Gasteiger partial charge in [0.15, 0.2) is 0 Å². The van der Waals surface area contributed by atoms with Gasteiger partial charge in [0.2, 0.25) is 0 Å². The number of aryl methyl sites for hydroxylation is 1. The third-order valence-electron chi connectivity index (χ3n) is 3.34. The highest BCUT2D eigenvalue weighted by atomic mass is 79.9. The predicted octanol–water partition coefficient (Wildman–Crippen LogP) is 3.78. The summed E-state index contributed by atoms with van der Waals surface area (Å²) in [6.07, 6.45) is 5.89. The van der Waals surface area contributed by atoms with E-state index in [1.807, 2.05) is 6.20 Å². The van der Waals surface area contributed by atoms with Crippen LogP contribution in [0.3, 0.4) is 0 Å². The number of hydrogen-bond donors (Lipinski definition) is 0. The van der Waals surface area contributed by atoms with Crippen LogP contribution in [0.2, 0.25) is 0 Å².